The summed E-state index contributed by atoms with van der Waals surface area (Å²) in [6.07, 6.45) is 10.6. The fraction of sp³-hybridized carbons (Fsp3) is 0.320. The predicted octanol–water partition coefficient (Wildman–Crippen LogP) is 10.3. The molecule has 2 aliphatic carbocycles. The van der Waals surface area contributed by atoms with Crippen molar-refractivity contribution in [2.24, 2.45) is 0 Å². The van der Waals surface area contributed by atoms with Crippen LogP contribution in [0.2, 0.25) is 0 Å². The highest BCUT2D eigenvalue weighted by Crippen LogP contribution is 2.45. The van der Waals surface area contributed by atoms with E-state index in [1.54, 1.807) is 5.56 Å². The van der Waals surface area contributed by atoms with Gasteiger partial charge in [-0.05, 0) is 138 Å². The first-order valence-corrected chi connectivity index (χ1v) is 20.6. The molecule has 4 heterocycles. The van der Waals surface area contributed by atoms with E-state index in [1.807, 2.05) is 0 Å². The van der Waals surface area contributed by atoms with Crippen molar-refractivity contribution < 1.29 is 4.74 Å². The molecule has 0 radical (unpaired) electrons. The average molecular weight is 705 g/mol. The highest BCUT2D eigenvalue weighted by Gasteiger charge is 2.47. The Morgan fingerprint density at radius 1 is 0.630 bits per heavy atom. The molecule has 268 valence electrons. The summed E-state index contributed by atoms with van der Waals surface area (Å²) < 4.78 is 12.4. The van der Waals surface area contributed by atoms with Crippen molar-refractivity contribution in [2.45, 2.75) is 103 Å². The van der Waals surface area contributed by atoms with Gasteiger partial charge in [-0.3, -0.25) is 0 Å². The van der Waals surface area contributed by atoms with Gasteiger partial charge in [-0.1, -0.05) is 94.7 Å². The molecule has 11 rings (SSSR count). The van der Waals surface area contributed by atoms with Crippen LogP contribution < -0.4 is 21.1 Å². The molecule has 3 nitrogen and oxygen atoms in total. The van der Waals surface area contributed by atoms with E-state index in [-0.39, 0.29) is 17.5 Å². The molecule has 4 heteroatoms. The molecule has 5 aromatic carbocycles. The number of fused-ring (bicyclic) bond motifs is 10. The zero-order valence-electron chi connectivity index (χ0n) is 32.5. The summed E-state index contributed by atoms with van der Waals surface area (Å²) in [6, 6.07) is 37.6. The molecular weight excluding hydrogens is 655 g/mol. The van der Waals surface area contributed by atoms with E-state index in [9.17, 15) is 0 Å². The lowest BCUT2D eigenvalue weighted by molar-refractivity contribution is 0.476. The molecule has 0 saturated carbocycles. The molecule has 1 unspecified atom stereocenters. The molecule has 0 spiro atoms. The predicted molar refractivity (Wildman–Crippen MR) is 226 cm³/mol. The van der Waals surface area contributed by atoms with Gasteiger partial charge < -0.3 is 13.9 Å². The summed E-state index contributed by atoms with van der Waals surface area (Å²) in [5.74, 6) is 2.02. The van der Waals surface area contributed by atoms with Crippen molar-refractivity contribution in [3.8, 4) is 22.9 Å². The quantitative estimate of drug-likeness (QED) is 0.168. The topological polar surface area (TPSA) is 19.1 Å². The van der Waals surface area contributed by atoms with E-state index >= 15 is 0 Å². The largest absolute Gasteiger partial charge is 0.458 e. The Bertz CT molecular complexity index is 2700. The van der Waals surface area contributed by atoms with Crippen molar-refractivity contribution in [1.29, 1.82) is 0 Å². The standard InChI is InChI=1S/C50H49BN2O/c1-6-50(5)38-25-23-32(52-42-19-11-7-15-34(42)35-16-8-12-20-43(35)52)29-41(38)51-40-26-24-33(53-44-21-13-9-17-36(44)37-18-10-14-22-45(37)53)30-46(40)54-47-28-31(49(2,3)4)27-39(50)48(47)51/h7,9,11,13,15,17,19,21,23-30H,6,8,10,12,14,16,18,20,22H2,1-5H3. The third kappa shape index (κ3) is 4.43. The zero-order valence-corrected chi connectivity index (χ0v) is 32.5. The van der Waals surface area contributed by atoms with Gasteiger partial charge in [-0.25, -0.2) is 0 Å². The van der Waals surface area contributed by atoms with Crippen molar-refractivity contribution in [1.82, 2.24) is 9.13 Å². The van der Waals surface area contributed by atoms with Gasteiger partial charge in [0.05, 0.1) is 11.0 Å². The maximum absolute atomic E-state index is 7.22. The van der Waals surface area contributed by atoms with Crippen LogP contribution in [0.15, 0.2) is 97.1 Å². The van der Waals surface area contributed by atoms with E-state index in [0.29, 0.717) is 0 Å². The summed E-state index contributed by atoms with van der Waals surface area (Å²) in [7, 11) is 0. The Kier molecular flexibility index (Phi) is 6.93. The Hall–Kier alpha value is -4.96. The summed E-state index contributed by atoms with van der Waals surface area (Å²) in [4.78, 5) is 0. The summed E-state index contributed by atoms with van der Waals surface area (Å²) in [5.41, 5.74) is 19.4. The second-order valence-corrected chi connectivity index (χ2v) is 17.9. The molecule has 0 bridgehead atoms. The number of para-hydroxylation sites is 2. The van der Waals surface area contributed by atoms with Crippen LogP contribution in [0.1, 0.15) is 106 Å². The molecule has 7 aromatic rings. The molecule has 2 aliphatic heterocycles. The number of aryl methyl sites for hydroxylation is 2. The average Bonchev–Trinajstić information content (AvgIpc) is 3.71. The molecule has 0 saturated heterocycles. The van der Waals surface area contributed by atoms with Gasteiger partial charge in [0.15, 0.2) is 0 Å². The van der Waals surface area contributed by atoms with Gasteiger partial charge in [0, 0.05) is 45.0 Å². The third-order valence-corrected chi connectivity index (χ3v) is 13.9. The number of aromatic nitrogens is 2. The van der Waals surface area contributed by atoms with Gasteiger partial charge in [-0.2, -0.15) is 0 Å². The lowest BCUT2D eigenvalue weighted by Crippen LogP contribution is -2.63. The van der Waals surface area contributed by atoms with E-state index in [4.69, 9.17) is 4.74 Å². The Morgan fingerprint density at radius 2 is 1.22 bits per heavy atom. The van der Waals surface area contributed by atoms with Crippen LogP contribution >= 0.6 is 0 Å². The number of benzene rings is 5. The van der Waals surface area contributed by atoms with Gasteiger partial charge in [0.1, 0.15) is 11.5 Å². The van der Waals surface area contributed by atoms with Crippen molar-refractivity contribution >= 4 is 44.9 Å². The maximum Gasteiger partial charge on any atom is 0.251 e. The molecule has 4 aliphatic rings. The Labute approximate surface area is 320 Å². The Morgan fingerprint density at radius 3 is 1.85 bits per heavy atom. The number of ether oxygens (including phenoxy) is 1. The first kappa shape index (κ1) is 32.5. The van der Waals surface area contributed by atoms with Gasteiger partial charge >= 0.3 is 0 Å². The van der Waals surface area contributed by atoms with Gasteiger partial charge in [-0.15, -0.1) is 0 Å². The van der Waals surface area contributed by atoms with E-state index in [1.165, 1.54) is 115 Å². The summed E-state index contributed by atoms with van der Waals surface area (Å²) in [6.45, 7) is 11.9. The first-order chi connectivity index (χ1) is 26.2. The van der Waals surface area contributed by atoms with Crippen LogP contribution in [-0.4, -0.2) is 15.8 Å². The van der Waals surface area contributed by atoms with Crippen molar-refractivity contribution in [3.05, 3.63) is 136 Å². The highest BCUT2D eigenvalue weighted by atomic mass is 16.5. The second kappa shape index (κ2) is 11.5. The zero-order chi connectivity index (χ0) is 36.5. The van der Waals surface area contributed by atoms with Crippen LogP contribution in [0.3, 0.4) is 0 Å². The minimum absolute atomic E-state index is 0.0109. The van der Waals surface area contributed by atoms with Crippen LogP contribution in [-0.2, 0) is 36.5 Å². The van der Waals surface area contributed by atoms with Crippen LogP contribution in [0.25, 0.3) is 33.2 Å². The van der Waals surface area contributed by atoms with Crippen LogP contribution in [0.4, 0.5) is 0 Å². The van der Waals surface area contributed by atoms with E-state index < -0.39 is 0 Å². The van der Waals surface area contributed by atoms with Gasteiger partial charge in [0.2, 0.25) is 0 Å². The van der Waals surface area contributed by atoms with Crippen molar-refractivity contribution in [2.75, 3.05) is 0 Å². The first-order valence-electron chi connectivity index (χ1n) is 20.6. The molecule has 1 atom stereocenters. The smallest absolute Gasteiger partial charge is 0.251 e. The lowest BCUT2D eigenvalue weighted by atomic mass is 9.30. The SMILES string of the molecule is CCC1(C)c2ccc(-n3c4c(c5ccccc53)CCCC4)cc2B2c3ccc(-n4c5c(c6ccccc64)CCCC5)cc3Oc3cc(C(C)(C)C)cc1c32. The summed E-state index contributed by atoms with van der Waals surface area (Å²) in [5, 5.41) is 2.83. The van der Waals surface area contributed by atoms with E-state index in [2.05, 4.69) is 141 Å². The molecule has 0 fully saturated rings. The molecular formula is C50H49BN2O. The maximum atomic E-state index is 7.22. The lowest BCUT2D eigenvalue weighted by Gasteiger charge is -2.44. The van der Waals surface area contributed by atoms with Gasteiger partial charge in [0.25, 0.3) is 6.71 Å². The fourth-order valence-corrected chi connectivity index (χ4v) is 11.0. The van der Waals surface area contributed by atoms with Crippen molar-refractivity contribution in [3.63, 3.8) is 0 Å². The number of hydrogen-bond donors (Lipinski definition) is 0. The minimum Gasteiger partial charge on any atom is -0.458 e. The normalized spacial score (nSPS) is 18.5. The highest BCUT2D eigenvalue weighted by molar-refractivity contribution is 6.98. The minimum atomic E-state index is -0.141. The van der Waals surface area contributed by atoms with Crippen LogP contribution in [0, 0.1) is 0 Å². The summed E-state index contributed by atoms with van der Waals surface area (Å²) >= 11 is 0. The number of rotatable bonds is 3. The fourth-order valence-electron chi connectivity index (χ4n) is 11.0. The molecule has 2 aromatic heterocycles. The second-order valence-electron chi connectivity index (χ2n) is 17.9. The number of nitrogens with zero attached hydrogens (tertiary/aromatic N) is 2. The monoisotopic (exact) mass is 704 g/mol. The number of hydrogen-bond acceptors (Lipinski definition) is 1. The van der Waals surface area contributed by atoms with Crippen LogP contribution in [0.5, 0.6) is 11.5 Å². The molecule has 0 N–H and O–H groups in total. The van der Waals surface area contributed by atoms with E-state index in [0.717, 1.165) is 37.2 Å². The Balaban J connectivity index is 1.16. The molecule has 0 amide bonds. The third-order valence-electron chi connectivity index (χ3n) is 13.9. The molecule has 54 heavy (non-hydrogen) atoms.